The van der Waals surface area contributed by atoms with Gasteiger partial charge in [0.25, 0.3) is 0 Å². The Morgan fingerprint density at radius 1 is 1.00 bits per heavy atom. The quantitative estimate of drug-likeness (QED) is 0.360. The highest BCUT2D eigenvalue weighted by molar-refractivity contribution is 5.89. The number of hydrogen-bond donors (Lipinski definition) is 0. The first-order chi connectivity index (χ1) is 14.0. The molecule has 2 rings (SSSR count). The molecule has 5 heteroatoms. The molecule has 0 heterocycles. The summed E-state index contributed by atoms with van der Waals surface area (Å²) in [6, 6.07) is 0. The van der Waals surface area contributed by atoms with Crippen LogP contribution >= 0.6 is 0 Å². The number of carbonyl (C=O) groups excluding carboxylic acids is 3. The lowest BCUT2D eigenvalue weighted by molar-refractivity contribution is -0.198. The average Bonchev–Trinajstić information content (AvgIpc) is 2.69. The number of carbonyl (C=O) groups is 3. The van der Waals surface area contributed by atoms with E-state index in [0.29, 0.717) is 24.0 Å². The number of rotatable bonds is 5. The molecule has 0 spiro atoms. The summed E-state index contributed by atoms with van der Waals surface area (Å²) in [5, 5.41) is 0. The Morgan fingerprint density at radius 3 is 1.97 bits per heavy atom. The zero-order valence-electron chi connectivity index (χ0n) is 19.4. The highest BCUT2D eigenvalue weighted by Crippen LogP contribution is 2.56. The number of ketones is 1. The van der Waals surface area contributed by atoms with E-state index < -0.39 is 24.1 Å². The average molecular weight is 417 g/mol. The number of esters is 2. The van der Waals surface area contributed by atoms with Gasteiger partial charge in [-0.3, -0.25) is 4.79 Å². The minimum atomic E-state index is -0.701. The molecule has 0 aromatic rings. The predicted molar refractivity (Wildman–Crippen MR) is 117 cm³/mol. The Labute approximate surface area is 180 Å². The SMILES string of the molecule is C=C(C)[C@H]1C[C@@]2(C)[C@H](CC(=O)C[C@@H]2C)[C@H](OC(=O)/C(C)=C/C)[C@@H]1OC(=O)/C(C)=C/C. The van der Waals surface area contributed by atoms with E-state index in [-0.39, 0.29) is 29.0 Å². The second-order valence-corrected chi connectivity index (χ2v) is 9.30. The molecule has 2 aliphatic rings. The van der Waals surface area contributed by atoms with Crippen molar-refractivity contribution in [2.24, 2.45) is 23.2 Å². The first-order valence-corrected chi connectivity index (χ1v) is 10.8. The summed E-state index contributed by atoms with van der Waals surface area (Å²) < 4.78 is 11.9. The van der Waals surface area contributed by atoms with Crippen molar-refractivity contribution >= 4 is 17.7 Å². The van der Waals surface area contributed by atoms with Crippen molar-refractivity contribution in [3.8, 4) is 0 Å². The fourth-order valence-electron chi connectivity index (χ4n) is 4.82. The van der Waals surface area contributed by atoms with Gasteiger partial charge < -0.3 is 9.47 Å². The first kappa shape index (κ1) is 24.1. The molecule has 0 unspecified atom stereocenters. The molecule has 0 N–H and O–H groups in total. The smallest absolute Gasteiger partial charge is 0.333 e. The van der Waals surface area contributed by atoms with E-state index in [4.69, 9.17) is 9.47 Å². The highest BCUT2D eigenvalue weighted by atomic mass is 16.6. The van der Waals surface area contributed by atoms with Crippen LogP contribution in [0.2, 0.25) is 0 Å². The molecular weight excluding hydrogens is 380 g/mol. The zero-order chi connectivity index (χ0) is 22.8. The predicted octanol–water partition coefficient (Wildman–Crippen LogP) is 4.96. The molecule has 0 aromatic carbocycles. The molecule has 6 atom stereocenters. The van der Waals surface area contributed by atoms with Gasteiger partial charge in [0.2, 0.25) is 0 Å². The van der Waals surface area contributed by atoms with Gasteiger partial charge >= 0.3 is 11.9 Å². The van der Waals surface area contributed by atoms with Gasteiger partial charge in [0, 0.05) is 35.8 Å². The standard InChI is InChI=1S/C25H36O5/c1-9-15(5)23(27)29-21-19(14(3)4)13-25(8)17(7)11-18(26)12-20(25)22(21)30-24(28)16(6)10-2/h9-10,17,19-22H,3,11-13H2,1-2,4-8H3/b15-9+,16-10+/t17-,19+,20+,21+,22-,25+/m0/s1. The molecule has 0 radical (unpaired) electrons. The molecule has 0 bridgehead atoms. The minimum absolute atomic E-state index is 0.142. The van der Waals surface area contributed by atoms with Gasteiger partial charge in [0.15, 0.2) is 0 Å². The molecule has 2 aliphatic carbocycles. The number of fused-ring (bicyclic) bond motifs is 1. The van der Waals surface area contributed by atoms with Crippen molar-refractivity contribution < 1.29 is 23.9 Å². The lowest BCUT2D eigenvalue weighted by atomic mass is 9.51. The largest absolute Gasteiger partial charge is 0.455 e. The van der Waals surface area contributed by atoms with E-state index in [2.05, 4.69) is 20.4 Å². The third kappa shape index (κ3) is 4.60. The lowest BCUT2D eigenvalue weighted by Gasteiger charge is -2.56. The fraction of sp³-hybridized carbons (Fsp3) is 0.640. The highest BCUT2D eigenvalue weighted by Gasteiger charge is 2.58. The van der Waals surface area contributed by atoms with E-state index in [9.17, 15) is 14.4 Å². The Kier molecular flexibility index (Phi) is 7.49. The van der Waals surface area contributed by atoms with Crippen molar-refractivity contribution in [2.45, 2.75) is 79.9 Å². The van der Waals surface area contributed by atoms with Gasteiger partial charge in [-0.2, -0.15) is 0 Å². The number of hydrogen-bond acceptors (Lipinski definition) is 5. The van der Waals surface area contributed by atoms with Crippen LogP contribution in [0.15, 0.2) is 35.5 Å². The van der Waals surface area contributed by atoms with E-state index in [1.165, 1.54) is 0 Å². The van der Waals surface area contributed by atoms with Crippen LogP contribution in [0.5, 0.6) is 0 Å². The number of Topliss-reactive ketones (excluding diaryl/α,β-unsaturated/α-hetero) is 1. The van der Waals surface area contributed by atoms with E-state index in [0.717, 1.165) is 12.0 Å². The van der Waals surface area contributed by atoms with Gasteiger partial charge in [-0.25, -0.2) is 9.59 Å². The topological polar surface area (TPSA) is 69.7 Å². The van der Waals surface area contributed by atoms with Crippen LogP contribution in [0.25, 0.3) is 0 Å². The van der Waals surface area contributed by atoms with Crippen molar-refractivity contribution in [2.75, 3.05) is 0 Å². The summed E-state index contributed by atoms with van der Waals surface area (Å²) >= 11 is 0. The molecule has 0 amide bonds. The molecule has 0 aliphatic heterocycles. The van der Waals surface area contributed by atoms with Gasteiger partial charge in [-0.05, 0) is 52.4 Å². The summed E-state index contributed by atoms with van der Waals surface area (Å²) in [6.45, 7) is 17.3. The van der Waals surface area contributed by atoms with Gasteiger partial charge in [-0.1, -0.05) is 38.2 Å². The van der Waals surface area contributed by atoms with Crippen molar-refractivity contribution in [3.63, 3.8) is 0 Å². The van der Waals surface area contributed by atoms with Crippen molar-refractivity contribution in [1.29, 1.82) is 0 Å². The summed E-state index contributed by atoms with van der Waals surface area (Å²) in [4.78, 5) is 37.9. The second-order valence-electron chi connectivity index (χ2n) is 9.30. The second kappa shape index (κ2) is 9.32. The third-order valence-corrected chi connectivity index (χ3v) is 7.36. The summed E-state index contributed by atoms with van der Waals surface area (Å²) in [6.07, 6.45) is 3.61. The Hall–Kier alpha value is -2.17. The maximum absolute atomic E-state index is 12.7. The number of ether oxygens (including phenoxy) is 2. The van der Waals surface area contributed by atoms with E-state index >= 15 is 0 Å². The van der Waals surface area contributed by atoms with Gasteiger partial charge in [0.1, 0.15) is 18.0 Å². The van der Waals surface area contributed by atoms with E-state index in [1.807, 2.05) is 6.92 Å². The maximum atomic E-state index is 12.7. The Bertz CT molecular complexity index is 789. The summed E-state index contributed by atoms with van der Waals surface area (Å²) in [5.41, 5.74) is 1.65. The van der Waals surface area contributed by atoms with Crippen LogP contribution in [0.4, 0.5) is 0 Å². The maximum Gasteiger partial charge on any atom is 0.333 e. The number of allylic oxidation sites excluding steroid dienone is 2. The minimum Gasteiger partial charge on any atom is -0.455 e. The molecule has 5 nitrogen and oxygen atoms in total. The third-order valence-electron chi connectivity index (χ3n) is 7.36. The van der Waals surface area contributed by atoms with Crippen molar-refractivity contribution in [3.05, 3.63) is 35.5 Å². The molecule has 0 saturated heterocycles. The van der Waals surface area contributed by atoms with Crippen LogP contribution in [0.1, 0.15) is 67.7 Å². The van der Waals surface area contributed by atoms with Crippen LogP contribution < -0.4 is 0 Å². The molecule has 0 aromatic heterocycles. The Balaban J connectivity index is 2.55. The van der Waals surface area contributed by atoms with Crippen LogP contribution in [0, 0.1) is 23.2 Å². The molecule has 2 saturated carbocycles. The Morgan fingerprint density at radius 2 is 1.50 bits per heavy atom. The lowest BCUT2D eigenvalue weighted by Crippen LogP contribution is -2.59. The summed E-state index contributed by atoms with van der Waals surface area (Å²) in [5.74, 6) is -0.931. The molecule has 2 fully saturated rings. The molecule has 166 valence electrons. The normalized spacial score (nSPS) is 34.8. The van der Waals surface area contributed by atoms with Crippen LogP contribution in [-0.2, 0) is 23.9 Å². The molecule has 30 heavy (non-hydrogen) atoms. The first-order valence-electron chi connectivity index (χ1n) is 10.8. The monoisotopic (exact) mass is 416 g/mol. The van der Waals surface area contributed by atoms with E-state index in [1.54, 1.807) is 39.8 Å². The van der Waals surface area contributed by atoms with Gasteiger partial charge in [-0.15, -0.1) is 0 Å². The summed E-state index contributed by atoms with van der Waals surface area (Å²) in [7, 11) is 0. The van der Waals surface area contributed by atoms with Crippen LogP contribution in [-0.4, -0.2) is 29.9 Å². The molecular formula is C25H36O5. The fourth-order valence-corrected chi connectivity index (χ4v) is 4.82. The zero-order valence-corrected chi connectivity index (χ0v) is 19.4. The van der Waals surface area contributed by atoms with Crippen LogP contribution in [0.3, 0.4) is 0 Å². The van der Waals surface area contributed by atoms with Crippen molar-refractivity contribution in [1.82, 2.24) is 0 Å². The van der Waals surface area contributed by atoms with Gasteiger partial charge in [0.05, 0.1) is 0 Å².